The molecule has 198 valence electrons. The van der Waals surface area contributed by atoms with E-state index in [0.717, 1.165) is 64.1 Å². The Morgan fingerprint density at radius 2 is 1.74 bits per heavy atom. The summed E-state index contributed by atoms with van der Waals surface area (Å²) < 4.78 is 7.89. The Morgan fingerprint density at radius 1 is 1.03 bits per heavy atom. The lowest BCUT2D eigenvalue weighted by atomic mass is 9.98. The van der Waals surface area contributed by atoms with Crippen LogP contribution in [0.2, 0.25) is 0 Å². The van der Waals surface area contributed by atoms with E-state index in [2.05, 4.69) is 41.1 Å². The Kier molecular flexibility index (Phi) is 8.00. The van der Waals surface area contributed by atoms with Gasteiger partial charge in [0.15, 0.2) is 0 Å². The highest BCUT2D eigenvalue weighted by molar-refractivity contribution is 5.97. The first-order valence-electron chi connectivity index (χ1n) is 13.2. The van der Waals surface area contributed by atoms with Crippen molar-refractivity contribution in [2.24, 2.45) is 0 Å². The summed E-state index contributed by atoms with van der Waals surface area (Å²) in [5.41, 5.74) is 6.72. The topological polar surface area (TPSA) is 73.2 Å². The number of aryl methyl sites for hydroxylation is 2. The van der Waals surface area contributed by atoms with Crippen LogP contribution in [0, 0.1) is 6.92 Å². The Labute approximate surface area is 225 Å². The van der Waals surface area contributed by atoms with Crippen LogP contribution in [0.4, 0.5) is 5.69 Å². The lowest BCUT2D eigenvalue weighted by Crippen LogP contribution is -2.24. The van der Waals surface area contributed by atoms with E-state index in [-0.39, 0.29) is 11.9 Å². The normalized spacial score (nSPS) is 11.5. The van der Waals surface area contributed by atoms with Crippen LogP contribution in [-0.2, 0) is 22.5 Å². The number of imidazole rings is 1. The van der Waals surface area contributed by atoms with Crippen molar-refractivity contribution < 1.29 is 14.3 Å². The van der Waals surface area contributed by atoms with Gasteiger partial charge < -0.3 is 14.6 Å². The molecule has 0 spiro atoms. The predicted molar refractivity (Wildman–Crippen MR) is 154 cm³/mol. The molecule has 3 aromatic carbocycles. The van der Waals surface area contributed by atoms with E-state index >= 15 is 0 Å². The average Bonchev–Trinajstić information content (AvgIpc) is 3.19. The van der Waals surface area contributed by atoms with Crippen molar-refractivity contribution in [2.45, 2.75) is 73.0 Å². The van der Waals surface area contributed by atoms with Gasteiger partial charge in [0.05, 0.1) is 16.6 Å². The molecule has 0 aliphatic heterocycles. The highest BCUT2D eigenvalue weighted by atomic mass is 16.6. The summed E-state index contributed by atoms with van der Waals surface area (Å²) >= 11 is 0. The number of nitrogens with one attached hydrogen (secondary N) is 1. The first kappa shape index (κ1) is 27.1. The van der Waals surface area contributed by atoms with Gasteiger partial charge in [-0.2, -0.15) is 0 Å². The Bertz CT molecular complexity index is 1460. The summed E-state index contributed by atoms with van der Waals surface area (Å²) in [5.74, 6) is 0.625. The molecule has 0 saturated heterocycles. The van der Waals surface area contributed by atoms with Crippen LogP contribution in [0.3, 0.4) is 0 Å². The van der Waals surface area contributed by atoms with Crippen LogP contribution in [0.1, 0.15) is 74.8 Å². The van der Waals surface area contributed by atoms with Crippen LogP contribution in [0.25, 0.3) is 22.2 Å². The molecule has 1 aromatic heterocycles. The van der Waals surface area contributed by atoms with Gasteiger partial charge in [-0.1, -0.05) is 55.8 Å². The lowest BCUT2D eigenvalue weighted by molar-refractivity contribution is -0.114. The number of rotatable bonds is 8. The van der Waals surface area contributed by atoms with Gasteiger partial charge in [-0.15, -0.1) is 0 Å². The number of amides is 1. The number of hydrogen-bond acceptors (Lipinski definition) is 4. The Morgan fingerprint density at radius 3 is 2.39 bits per heavy atom. The number of benzene rings is 3. The van der Waals surface area contributed by atoms with Gasteiger partial charge in [-0.25, -0.2) is 9.78 Å². The smallest absolute Gasteiger partial charge is 0.339 e. The number of carbonyl (C=O) groups excluding carboxylic acids is 2. The quantitative estimate of drug-likeness (QED) is 0.252. The first-order valence-corrected chi connectivity index (χ1v) is 13.2. The molecule has 0 atom stereocenters. The van der Waals surface area contributed by atoms with Gasteiger partial charge in [0, 0.05) is 25.6 Å². The summed E-state index contributed by atoms with van der Waals surface area (Å²) in [5, 5.41) is 2.92. The van der Waals surface area contributed by atoms with E-state index < -0.39 is 5.60 Å². The van der Waals surface area contributed by atoms with Crippen LogP contribution >= 0.6 is 0 Å². The average molecular weight is 512 g/mol. The van der Waals surface area contributed by atoms with Crippen LogP contribution in [-0.4, -0.2) is 27.0 Å². The predicted octanol–water partition coefficient (Wildman–Crippen LogP) is 7.32. The van der Waals surface area contributed by atoms with E-state index in [0.29, 0.717) is 12.1 Å². The molecule has 6 heteroatoms. The van der Waals surface area contributed by atoms with Gasteiger partial charge in [-0.05, 0) is 74.6 Å². The molecule has 0 aliphatic carbocycles. The molecule has 0 bridgehead atoms. The van der Waals surface area contributed by atoms with Crippen molar-refractivity contribution in [1.82, 2.24) is 9.55 Å². The molecule has 6 nitrogen and oxygen atoms in total. The monoisotopic (exact) mass is 511 g/mol. The molecule has 4 rings (SSSR count). The fraction of sp³-hybridized carbons (Fsp3) is 0.344. The minimum absolute atomic E-state index is 0.0942. The second kappa shape index (κ2) is 11.2. The number of esters is 1. The number of ether oxygens (including phenoxy) is 1. The van der Waals surface area contributed by atoms with Gasteiger partial charge in [0.2, 0.25) is 5.91 Å². The molecule has 0 radical (unpaired) electrons. The van der Waals surface area contributed by atoms with Gasteiger partial charge >= 0.3 is 5.97 Å². The minimum Gasteiger partial charge on any atom is -0.456 e. The Hall–Kier alpha value is -3.93. The van der Waals surface area contributed by atoms with Crippen LogP contribution in [0.5, 0.6) is 0 Å². The van der Waals surface area contributed by atoms with Crippen molar-refractivity contribution in [1.29, 1.82) is 0 Å². The van der Waals surface area contributed by atoms with E-state index in [4.69, 9.17) is 9.72 Å². The molecule has 0 aliphatic rings. The van der Waals surface area contributed by atoms with Gasteiger partial charge in [0.1, 0.15) is 11.4 Å². The maximum absolute atomic E-state index is 12.8. The third-order valence-corrected chi connectivity index (χ3v) is 6.35. The molecular weight excluding hydrogens is 474 g/mol. The molecule has 38 heavy (non-hydrogen) atoms. The number of anilines is 1. The highest BCUT2D eigenvalue weighted by Gasteiger charge is 2.21. The number of nitrogens with zero attached hydrogens (tertiary/aromatic N) is 2. The van der Waals surface area contributed by atoms with Crippen LogP contribution < -0.4 is 5.32 Å². The second-order valence-corrected chi connectivity index (χ2v) is 10.8. The molecular formula is C32H37N3O3. The molecule has 4 aromatic rings. The molecule has 1 N–H and O–H groups in total. The fourth-order valence-corrected chi connectivity index (χ4v) is 4.64. The number of fused-ring (bicyclic) bond motifs is 1. The second-order valence-electron chi connectivity index (χ2n) is 10.8. The number of unbranched alkanes of at least 4 members (excludes halogenated alkanes) is 1. The lowest BCUT2D eigenvalue weighted by Gasteiger charge is -2.20. The van der Waals surface area contributed by atoms with Crippen molar-refractivity contribution >= 4 is 28.6 Å². The van der Waals surface area contributed by atoms with Crippen molar-refractivity contribution in [3.63, 3.8) is 0 Å². The third kappa shape index (κ3) is 6.31. The van der Waals surface area contributed by atoms with Crippen molar-refractivity contribution in [3.8, 4) is 11.1 Å². The molecule has 0 fully saturated rings. The number of hydrogen-bond donors (Lipinski definition) is 1. The number of aromatic nitrogens is 2. The zero-order valence-electron chi connectivity index (χ0n) is 23.2. The molecule has 0 saturated carbocycles. The maximum Gasteiger partial charge on any atom is 0.339 e. The zero-order valence-corrected chi connectivity index (χ0v) is 23.2. The minimum atomic E-state index is -0.560. The van der Waals surface area contributed by atoms with Crippen molar-refractivity contribution in [2.75, 3.05) is 5.32 Å². The molecule has 1 amide bonds. The summed E-state index contributed by atoms with van der Waals surface area (Å²) in [6, 6.07) is 19.8. The fourth-order valence-electron chi connectivity index (χ4n) is 4.64. The standard InChI is InChI=1S/C32H37N3O3/c1-7-8-13-29-34-30-21(2)18-25(33-22(3)36)19-28(30)35(29)20-23-14-16-24(17-15-23)26-11-9-10-12-27(26)31(37)38-32(4,5)6/h9-12,14-19H,7-8,13,20H2,1-6H3,(H,33,36). The zero-order chi connectivity index (χ0) is 27.4. The van der Waals surface area contributed by atoms with Crippen LogP contribution in [0.15, 0.2) is 60.7 Å². The van der Waals surface area contributed by atoms with Gasteiger partial charge in [0.25, 0.3) is 0 Å². The highest BCUT2D eigenvalue weighted by Crippen LogP contribution is 2.29. The van der Waals surface area contributed by atoms with E-state index in [9.17, 15) is 9.59 Å². The molecule has 0 unspecified atom stereocenters. The van der Waals surface area contributed by atoms with Gasteiger partial charge in [-0.3, -0.25) is 4.79 Å². The summed E-state index contributed by atoms with van der Waals surface area (Å²) in [6.07, 6.45) is 3.04. The largest absolute Gasteiger partial charge is 0.456 e. The third-order valence-electron chi connectivity index (χ3n) is 6.35. The molecule has 1 heterocycles. The van der Waals surface area contributed by atoms with Crippen molar-refractivity contribution in [3.05, 3.63) is 83.2 Å². The Balaban J connectivity index is 1.68. The van der Waals surface area contributed by atoms with E-state index in [1.54, 1.807) is 0 Å². The van der Waals surface area contributed by atoms with E-state index in [1.165, 1.54) is 6.92 Å². The maximum atomic E-state index is 12.8. The number of carbonyl (C=O) groups is 2. The first-order chi connectivity index (χ1) is 18.1. The SMILES string of the molecule is CCCCc1nc2c(C)cc(NC(C)=O)cc2n1Cc1ccc(-c2ccccc2C(=O)OC(C)(C)C)cc1. The summed E-state index contributed by atoms with van der Waals surface area (Å²) in [6.45, 7) is 12.0. The summed E-state index contributed by atoms with van der Waals surface area (Å²) in [4.78, 5) is 29.5. The summed E-state index contributed by atoms with van der Waals surface area (Å²) in [7, 11) is 0. The van der Waals surface area contributed by atoms with E-state index in [1.807, 2.05) is 64.1 Å².